The maximum absolute atomic E-state index is 5.34. The van der Waals surface area contributed by atoms with Crippen LogP contribution in [0.4, 0.5) is 0 Å². The van der Waals surface area contributed by atoms with Crippen molar-refractivity contribution in [1.29, 1.82) is 0 Å². The fraction of sp³-hybridized carbons (Fsp3) is 1.00. The number of nitrogens with zero attached hydrogens (tertiary/aromatic N) is 1. The second kappa shape index (κ2) is 6.58. The third-order valence-corrected chi connectivity index (χ3v) is 1.23. The van der Waals surface area contributed by atoms with Crippen LogP contribution in [-0.4, -0.2) is 25.7 Å². The molecule has 11 heavy (non-hydrogen) atoms. The highest BCUT2D eigenvalue weighted by Crippen LogP contribution is 1.97. The van der Waals surface area contributed by atoms with Crippen LogP contribution in [0.1, 0.15) is 27.7 Å². The molecule has 0 bridgehead atoms. The van der Waals surface area contributed by atoms with Crippen LogP contribution < -0.4 is 5.32 Å². The van der Waals surface area contributed by atoms with Crippen molar-refractivity contribution in [3.8, 4) is 0 Å². The Kier molecular flexibility index (Phi) is 6.51. The predicted molar refractivity (Wildman–Crippen MR) is 44.3 cm³/mol. The van der Waals surface area contributed by atoms with Crippen LogP contribution >= 0.6 is 0 Å². The monoisotopic (exact) mass is 160 g/mol. The number of rotatable bonds is 6. The summed E-state index contributed by atoms with van der Waals surface area (Å²) in [6, 6.07) is 0. The Morgan fingerprint density at radius 1 is 1.27 bits per heavy atom. The van der Waals surface area contributed by atoms with E-state index in [0.29, 0.717) is 6.61 Å². The summed E-state index contributed by atoms with van der Waals surface area (Å²) in [5.41, 5.74) is 0. The third kappa shape index (κ3) is 6.28. The number of hydrogen-bond donors (Lipinski definition) is 0. The van der Waals surface area contributed by atoms with E-state index in [0.717, 1.165) is 6.54 Å². The Labute approximate surface area is 69.1 Å². The summed E-state index contributed by atoms with van der Waals surface area (Å²) in [5, 5.41) is 4.14. The Morgan fingerprint density at radius 2 is 1.91 bits per heavy atom. The van der Waals surface area contributed by atoms with Crippen LogP contribution in [-0.2, 0) is 9.47 Å². The zero-order valence-electron chi connectivity index (χ0n) is 7.83. The van der Waals surface area contributed by atoms with Gasteiger partial charge in [0.05, 0.1) is 0 Å². The van der Waals surface area contributed by atoms with Crippen molar-refractivity contribution < 1.29 is 9.47 Å². The summed E-state index contributed by atoms with van der Waals surface area (Å²) < 4.78 is 10.5. The molecule has 0 aromatic carbocycles. The maximum atomic E-state index is 5.34. The van der Waals surface area contributed by atoms with E-state index in [4.69, 9.17) is 9.47 Å². The van der Waals surface area contributed by atoms with E-state index in [9.17, 15) is 0 Å². The summed E-state index contributed by atoms with van der Waals surface area (Å²) in [5.74, 6) is 0. The minimum atomic E-state index is -0.148. The molecule has 0 N–H and O–H groups in total. The summed E-state index contributed by atoms with van der Waals surface area (Å²) in [6.07, 6.45) is -0.202. The molecule has 0 aromatic rings. The standard InChI is InChI=1S/C8H18NO2/c1-5-9-7(3)11-8(4)10-6-2/h7-8H,5-6H2,1-4H3. The fourth-order valence-corrected chi connectivity index (χ4v) is 0.851. The molecule has 3 heteroatoms. The molecular formula is C8H18NO2. The molecule has 2 atom stereocenters. The van der Waals surface area contributed by atoms with E-state index in [1.165, 1.54) is 0 Å². The lowest BCUT2D eigenvalue weighted by Gasteiger charge is -2.17. The van der Waals surface area contributed by atoms with Crippen molar-refractivity contribution in [2.24, 2.45) is 0 Å². The van der Waals surface area contributed by atoms with Gasteiger partial charge in [-0.25, -0.2) is 5.32 Å². The average Bonchev–Trinajstić information content (AvgIpc) is 1.87. The Morgan fingerprint density at radius 3 is 2.36 bits per heavy atom. The SMILES string of the molecule is CC[N]C(C)OC(C)OCC. The van der Waals surface area contributed by atoms with Gasteiger partial charge in [0.2, 0.25) is 0 Å². The van der Waals surface area contributed by atoms with E-state index in [1.807, 2.05) is 27.7 Å². The van der Waals surface area contributed by atoms with Gasteiger partial charge in [-0.15, -0.1) is 0 Å². The summed E-state index contributed by atoms with van der Waals surface area (Å²) in [4.78, 5) is 0. The summed E-state index contributed by atoms with van der Waals surface area (Å²) >= 11 is 0. The molecule has 0 aliphatic heterocycles. The van der Waals surface area contributed by atoms with Crippen molar-refractivity contribution >= 4 is 0 Å². The molecule has 0 rings (SSSR count). The van der Waals surface area contributed by atoms with Crippen molar-refractivity contribution in [2.75, 3.05) is 13.2 Å². The molecular weight excluding hydrogens is 142 g/mol. The molecule has 2 unspecified atom stereocenters. The van der Waals surface area contributed by atoms with Gasteiger partial charge in [-0.1, -0.05) is 6.92 Å². The predicted octanol–water partition coefficient (Wildman–Crippen LogP) is 1.36. The van der Waals surface area contributed by atoms with Gasteiger partial charge in [0.25, 0.3) is 0 Å². The van der Waals surface area contributed by atoms with Gasteiger partial charge in [0, 0.05) is 13.2 Å². The van der Waals surface area contributed by atoms with Crippen LogP contribution in [0, 0.1) is 0 Å². The molecule has 0 aromatic heterocycles. The third-order valence-electron chi connectivity index (χ3n) is 1.23. The number of hydrogen-bond acceptors (Lipinski definition) is 2. The van der Waals surface area contributed by atoms with E-state index < -0.39 is 0 Å². The highest BCUT2D eigenvalue weighted by atomic mass is 16.7. The van der Waals surface area contributed by atoms with Gasteiger partial charge in [-0.2, -0.15) is 0 Å². The Balaban J connectivity index is 3.32. The first-order chi connectivity index (χ1) is 5.20. The second-order valence-corrected chi connectivity index (χ2v) is 2.26. The van der Waals surface area contributed by atoms with Gasteiger partial charge in [-0.05, 0) is 20.8 Å². The lowest BCUT2D eigenvalue weighted by molar-refractivity contribution is -0.160. The normalized spacial score (nSPS) is 16.4. The quantitative estimate of drug-likeness (QED) is 0.549. The van der Waals surface area contributed by atoms with Gasteiger partial charge in [-0.3, -0.25) is 0 Å². The largest absolute Gasteiger partial charge is 0.353 e. The first kappa shape index (κ1) is 10.9. The minimum Gasteiger partial charge on any atom is -0.353 e. The van der Waals surface area contributed by atoms with E-state index in [1.54, 1.807) is 0 Å². The molecule has 0 saturated heterocycles. The summed E-state index contributed by atoms with van der Waals surface area (Å²) in [6.45, 7) is 9.21. The van der Waals surface area contributed by atoms with E-state index >= 15 is 0 Å². The molecule has 0 saturated carbocycles. The highest BCUT2D eigenvalue weighted by Gasteiger charge is 2.06. The first-order valence-corrected chi connectivity index (χ1v) is 4.14. The second-order valence-electron chi connectivity index (χ2n) is 2.26. The molecule has 0 aliphatic carbocycles. The smallest absolute Gasteiger partial charge is 0.156 e. The van der Waals surface area contributed by atoms with E-state index in [-0.39, 0.29) is 12.5 Å². The molecule has 0 amide bonds. The number of ether oxygens (including phenoxy) is 2. The zero-order chi connectivity index (χ0) is 8.69. The van der Waals surface area contributed by atoms with Gasteiger partial charge in [0.1, 0.15) is 6.23 Å². The zero-order valence-corrected chi connectivity index (χ0v) is 7.83. The molecule has 0 spiro atoms. The van der Waals surface area contributed by atoms with Crippen LogP contribution in [0.2, 0.25) is 0 Å². The molecule has 3 nitrogen and oxygen atoms in total. The average molecular weight is 160 g/mol. The van der Waals surface area contributed by atoms with Gasteiger partial charge < -0.3 is 9.47 Å². The molecule has 1 radical (unpaired) electrons. The lowest BCUT2D eigenvalue weighted by Crippen LogP contribution is -2.27. The van der Waals surface area contributed by atoms with Gasteiger partial charge in [0.15, 0.2) is 6.29 Å². The van der Waals surface area contributed by atoms with Crippen molar-refractivity contribution in [1.82, 2.24) is 5.32 Å². The Bertz CT molecular complexity index is 78.2. The van der Waals surface area contributed by atoms with Crippen LogP contribution in [0.25, 0.3) is 0 Å². The first-order valence-electron chi connectivity index (χ1n) is 4.14. The van der Waals surface area contributed by atoms with Crippen molar-refractivity contribution in [2.45, 2.75) is 40.2 Å². The maximum Gasteiger partial charge on any atom is 0.156 e. The van der Waals surface area contributed by atoms with Crippen LogP contribution in [0.15, 0.2) is 0 Å². The molecule has 0 aliphatic rings. The van der Waals surface area contributed by atoms with Crippen LogP contribution in [0.5, 0.6) is 0 Å². The minimum absolute atomic E-state index is 0.0541. The van der Waals surface area contributed by atoms with Crippen molar-refractivity contribution in [3.05, 3.63) is 0 Å². The Hall–Kier alpha value is -0.120. The van der Waals surface area contributed by atoms with Crippen LogP contribution in [0.3, 0.4) is 0 Å². The van der Waals surface area contributed by atoms with Gasteiger partial charge >= 0.3 is 0 Å². The highest BCUT2D eigenvalue weighted by molar-refractivity contribution is 4.44. The molecule has 67 valence electrons. The molecule has 0 heterocycles. The van der Waals surface area contributed by atoms with Crippen molar-refractivity contribution in [3.63, 3.8) is 0 Å². The topological polar surface area (TPSA) is 32.6 Å². The fourth-order valence-electron chi connectivity index (χ4n) is 0.851. The summed E-state index contributed by atoms with van der Waals surface area (Å²) in [7, 11) is 0. The van der Waals surface area contributed by atoms with E-state index in [2.05, 4.69) is 5.32 Å². The lowest BCUT2D eigenvalue weighted by atomic mass is 10.6. The molecule has 0 fully saturated rings.